The van der Waals surface area contributed by atoms with Crippen molar-refractivity contribution < 1.29 is 18.9 Å². The quantitative estimate of drug-likeness (QED) is 0.507. The van der Waals surface area contributed by atoms with Crippen LogP contribution in [-0.4, -0.2) is 17.5 Å². The minimum absolute atomic E-state index is 0.0483. The Kier molecular flexibility index (Phi) is 2.88. The molecule has 7 heteroatoms. The smallest absolute Gasteiger partial charge is 0.376 e. The fourth-order valence-electron chi connectivity index (χ4n) is 1.57. The van der Waals surface area contributed by atoms with Gasteiger partial charge in [0.15, 0.2) is 0 Å². The van der Waals surface area contributed by atoms with Crippen molar-refractivity contribution in [1.29, 1.82) is 0 Å². The molecule has 0 aliphatic rings. The number of fused-ring (bicyclic) bond motifs is 1. The number of carbonyl (C=O) groups is 1. The number of ether oxygens (including phenoxy) is 1. The SMILES string of the molecule is CCOC(=O)c1oc2ccc([N+](=O)[O-])cc2c1N. The summed E-state index contributed by atoms with van der Waals surface area (Å²) >= 11 is 0. The lowest BCUT2D eigenvalue weighted by atomic mass is 10.2. The molecule has 2 rings (SSSR count). The molecule has 0 spiro atoms. The number of hydrogen-bond acceptors (Lipinski definition) is 6. The number of nitro benzene ring substituents is 1. The molecule has 7 nitrogen and oxygen atoms in total. The van der Waals surface area contributed by atoms with Crippen LogP contribution in [0.25, 0.3) is 11.0 Å². The van der Waals surface area contributed by atoms with Crippen molar-refractivity contribution in [3.8, 4) is 0 Å². The molecule has 0 fully saturated rings. The molecule has 1 aromatic carbocycles. The fraction of sp³-hybridized carbons (Fsp3) is 0.182. The molecular formula is C11H10N2O5. The largest absolute Gasteiger partial charge is 0.460 e. The average molecular weight is 250 g/mol. The fourth-order valence-corrected chi connectivity index (χ4v) is 1.57. The topological polar surface area (TPSA) is 109 Å². The lowest BCUT2D eigenvalue weighted by molar-refractivity contribution is -0.384. The molecule has 2 aromatic rings. The second-order valence-electron chi connectivity index (χ2n) is 3.50. The van der Waals surface area contributed by atoms with E-state index in [-0.39, 0.29) is 23.7 Å². The van der Waals surface area contributed by atoms with E-state index in [0.29, 0.717) is 11.0 Å². The van der Waals surface area contributed by atoms with Crippen LogP contribution in [0.3, 0.4) is 0 Å². The van der Waals surface area contributed by atoms with Gasteiger partial charge in [0.05, 0.1) is 22.6 Å². The first-order valence-corrected chi connectivity index (χ1v) is 5.18. The molecule has 0 aliphatic heterocycles. The normalized spacial score (nSPS) is 10.5. The number of hydrogen-bond donors (Lipinski definition) is 1. The Morgan fingerprint density at radius 2 is 2.28 bits per heavy atom. The van der Waals surface area contributed by atoms with E-state index in [2.05, 4.69) is 0 Å². The third-order valence-electron chi connectivity index (χ3n) is 2.38. The zero-order valence-corrected chi connectivity index (χ0v) is 9.50. The first-order valence-electron chi connectivity index (χ1n) is 5.18. The lowest BCUT2D eigenvalue weighted by Crippen LogP contribution is -2.05. The van der Waals surface area contributed by atoms with Crippen LogP contribution < -0.4 is 5.73 Å². The molecule has 0 unspecified atom stereocenters. The van der Waals surface area contributed by atoms with Crippen LogP contribution in [0.1, 0.15) is 17.5 Å². The van der Waals surface area contributed by atoms with E-state index in [9.17, 15) is 14.9 Å². The van der Waals surface area contributed by atoms with Crippen molar-refractivity contribution in [2.24, 2.45) is 0 Å². The Balaban J connectivity index is 2.56. The number of anilines is 1. The van der Waals surface area contributed by atoms with Crippen molar-refractivity contribution >= 4 is 28.3 Å². The highest BCUT2D eigenvalue weighted by atomic mass is 16.6. The Morgan fingerprint density at radius 1 is 1.56 bits per heavy atom. The van der Waals surface area contributed by atoms with Crippen LogP contribution in [0.4, 0.5) is 11.4 Å². The summed E-state index contributed by atoms with van der Waals surface area (Å²) in [6.07, 6.45) is 0. The Labute approximate surface area is 101 Å². The number of nitrogens with two attached hydrogens (primary N) is 1. The van der Waals surface area contributed by atoms with Crippen molar-refractivity contribution in [2.75, 3.05) is 12.3 Å². The summed E-state index contributed by atoms with van der Waals surface area (Å²) in [5, 5.41) is 11.0. The highest BCUT2D eigenvalue weighted by Crippen LogP contribution is 2.31. The van der Waals surface area contributed by atoms with E-state index >= 15 is 0 Å². The highest BCUT2D eigenvalue weighted by Gasteiger charge is 2.21. The number of carbonyl (C=O) groups excluding carboxylic acids is 1. The molecule has 18 heavy (non-hydrogen) atoms. The first kappa shape index (κ1) is 11.9. The van der Waals surface area contributed by atoms with E-state index in [1.54, 1.807) is 6.92 Å². The molecule has 0 bridgehead atoms. The number of rotatable bonds is 3. The van der Waals surface area contributed by atoms with Crippen LogP contribution in [0.2, 0.25) is 0 Å². The van der Waals surface area contributed by atoms with Crippen LogP contribution in [-0.2, 0) is 4.74 Å². The Bertz CT molecular complexity index is 632. The number of furan rings is 1. The number of nitrogens with zero attached hydrogens (tertiary/aromatic N) is 1. The number of esters is 1. The van der Waals surface area contributed by atoms with Gasteiger partial charge in [-0.3, -0.25) is 10.1 Å². The first-order chi connectivity index (χ1) is 8.54. The van der Waals surface area contributed by atoms with Gasteiger partial charge >= 0.3 is 5.97 Å². The maximum absolute atomic E-state index is 11.5. The van der Waals surface area contributed by atoms with Gasteiger partial charge in [-0.15, -0.1) is 0 Å². The summed E-state index contributed by atoms with van der Waals surface area (Å²) in [6.45, 7) is 1.84. The van der Waals surface area contributed by atoms with Gasteiger partial charge in [-0.25, -0.2) is 4.79 Å². The summed E-state index contributed by atoms with van der Waals surface area (Å²) in [5.74, 6) is -0.818. The van der Waals surface area contributed by atoms with Gasteiger partial charge in [0.2, 0.25) is 5.76 Å². The van der Waals surface area contributed by atoms with Gasteiger partial charge < -0.3 is 14.9 Å². The molecule has 0 atom stereocenters. The Hall–Kier alpha value is -2.57. The molecule has 0 aliphatic carbocycles. The van der Waals surface area contributed by atoms with Crippen LogP contribution in [0.15, 0.2) is 22.6 Å². The van der Waals surface area contributed by atoms with E-state index in [0.717, 1.165) is 0 Å². The third kappa shape index (κ3) is 1.86. The van der Waals surface area contributed by atoms with Crippen molar-refractivity contribution in [3.63, 3.8) is 0 Å². The number of non-ortho nitro benzene ring substituents is 1. The van der Waals surface area contributed by atoms with E-state index in [1.165, 1.54) is 18.2 Å². The second kappa shape index (κ2) is 4.36. The van der Waals surface area contributed by atoms with Gasteiger partial charge in [0, 0.05) is 12.1 Å². The van der Waals surface area contributed by atoms with E-state index in [1.807, 2.05) is 0 Å². The molecule has 0 radical (unpaired) electrons. The van der Waals surface area contributed by atoms with E-state index < -0.39 is 10.9 Å². The third-order valence-corrected chi connectivity index (χ3v) is 2.38. The summed E-state index contributed by atoms with van der Waals surface area (Å²) in [7, 11) is 0. The van der Waals surface area contributed by atoms with Crippen molar-refractivity contribution in [2.45, 2.75) is 6.92 Å². The maximum Gasteiger partial charge on any atom is 0.376 e. The molecule has 1 aromatic heterocycles. The molecule has 0 amide bonds. The molecule has 94 valence electrons. The molecular weight excluding hydrogens is 240 g/mol. The molecule has 1 heterocycles. The average Bonchev–Trinajstić information content (AvgIpc) is 2.67. The zero-order chi connectivity index (χ0) is 13.3. The van der Waals surface area contributed by atoms with Crippen LogP contribution in [0.5, 0.6) is 0 Å². The highest BCUT2D eigenvalue weighted by molar-refractivity contribution is 6.03. The zero-order valence-electron chi connectivity index (χ0n) is 9.50. The van der Waals surface area contributed by atoms with Crippen LogP contribution >= 0.6 is 0 Å². The van der Waals surface area contributed by atoms with E-state index in [4.69, 9.17) is 14.9 Å². The summed E-state index contributed by atoms with van der Waals surface area (Å²) in [5.41, 5.74) is 5.96. The van der Waals surface area contributed by atoms with Gasteiger partial charge in [-0.05, 0) is 13.0 Å². The lowest BCUT2D eigenvalue weighted by Gasteiger charge is -1.97. The van der Waals surface area contributed by atoms with Gasteiger partial charge in [-0.1, -0.05) is 0 Å². The molecule has 2 N–H and O–H groups in total. The molecule has 0 saturated heterocycles. The predicted octanol–water partition coefficient (Wildman–Crippen LogP) is 2.10. The number of benzene rings is 1. The van der Waals surface area contributed by atoms with Crippen molar-refractivity contribution in [3.05, 3.63) is 34.1 Å². The van der Waals surface area contributed by atoms with Gasteiger partial charge in [0.25, 0.3) is 5.69 Å². The number of nitro groups is 1. The predicted molar refractivity (Wildman–Crippen MR) is 63.2 cm³/mol. The van der Waals surface area contributed by atoms with Crippen LogP contribution in [0, 0.1) is 10.1 Å². The number of nitrogen functional groups attached to an aromatic ring is 1. The maximum atomic E-state index is 11.5. The second-order valence-corrected chi connectivity index (χ2v) is 3.50. The van der Waals surface area contributed by atoms with Gasteiger partial charge in [-0.2, -0.15) is 0 Å². The standard InChI is InChI=1S/C11H10N2O5/c1-2-17-11(14)10-9(12)7-5-6(13(15)16)3-4-8(7)18-10/h3-5H,2,12H2,1H3. The summed E-state index contributed by atoms with van der Waals surface area (Å²) < 4.78 is 10.00. The minimum atomic E-state index is -0.686. The summed E-state index contributed by atoms with van der Waals surface area (Å²) in [6, 6.07) is 3.93. The monoisotopic (exact) mass is 250 g/mol. The minimum Gasteiger partial charge on any atom is -0.460 e. The summed E-state index contributed by atoms with van der Waals surface area (Å²) in [4.78, 5) is 21.6. The molecule has 0 saturated carbocycles. The Morgan fingerprint density at radius 3 is 2.89 bits per heavy atom. The van der Waals surface area contributed by atoms with Gasteiger partial charge in [0.1, 0.15) is 5.58 Å². The van der Waals surface area contributed by atoms with Crippen molar-refractivity contribution in [1.82, 2.24) is 0 Å².